The van der Waals surface area contributed by atoms with Crippen LogP contribution in [0.1, 0.15) is 17.4 Å². The summed E-state index contributed by atoms with van der Waals surface area (Å²) in [5, 5.41) is 5.56. The summed E-state index contributed by atoms with van der Waals surface area (Å²) in [6.45, 7) is 3.19. The lowest BCUT2D eigenvalue weighted by Crippen LogP contribution is -2.18. The Labute approximate surface area is 109 Å². The fraction of sp³-hybridized carbons (Fsp3) is 0.214. The van der Waals surface area contributed by atoms with Crippen LogP contribution in [-0.4, -0.2) is 20.3 Å². The highest BCUT2D eigenvalue weighted by Gasteiger charge is 2.18. The minimum absolute atomic E-state index is 0.126. The smallest absolute Gasteiger partial charge is 0.262 e. The van der Waals surface area contributed by atoms with Crippen molar-refractivity contribution in [2.75, 3.05) is 0 Å². The highest BCUT2D eigenvalue weighted by molar-refractivity contribution is 6.07. The van der Waals surface area contributed by atoms with Crippen LogP contribution in [0.4, 0.5) is 0 Å². The molecular weight excluding hydrogens is 242 g/mol. The summed E-state index contributed by atoms with van der Waals surface area (Å²) in [5.74, 6) is -0.198. The quantitative estimate of drug-likeness (QED) is 0.616. The summed E-state index contributed by atoms with van der Waals surface area (Å²) in [4.78, 5) is 24.1. The number of carbonyl (C=O) groups excluding carboxylic acids is 1. The minimum Gasteiger partial charge on any atom is -0.311 e. The average molecular weight is 255 g/mol. The highest BCUT2D eigenvalue weighted by Crippen LogP contribution is 2.24. The van der Waals surface area contributed by atoms with E-state index in [1.165, 1.54) is 11.6 Å². The molecule has 96 valence electrons. The van der Waals surface area contributed by atoms with Crippen LogP contribution < -0.4 is 5.56 Å². The van der Waals surface area contributed by atoms with Crippen LogP contribution in [0, 0.1) is 6.92 Å². The van der Waals surface area contributed by atoms with Crippen LogP contribution >= 0.6 is 0 Å². The van der Waals surface area contributed by atoms with E-state index in [2.05, 4.69) is 5.10 Å². The van der Waals surface area contributed by atoms with Gasteiger partial charge in [0.25, 0.3) is 5.56 Å². The molecule has 5 nitrogen and oxygen atoms in total. The van der Waals surface area contributed by atoms with Crippen molar-refractivity contribution in [3.05, 3.63) is 40.3 Å². The Morgan fingerprint density at radius 2 is 1.95 bits per heavy atom. The predicted molar refractivity (Wildman–Crippen MR) is 73.5 cm³/mol. The third kappa shape index (κ3) is 1.44. The van der Waals surface area contributed by atoms with Gasteiger partial charge in [0.1, 0.15) is 0 Å². The number of aryl methyl sites for hydroxylation is 2. The molecule has 0 amide bonds. The van der Waals surface area contributed by atoms with Gasteiger partial charge in [0.15, 0.2) is 0 Å². The fourth-order valence-corrected chi connectivity index (χ4v) is 2.50. The second kappa shape index (κ2) is 3.78. The molecule has 0 aliphatic carbocycles. The van der Waals surface area contributed by atoms with E-state index in [0.717, 1.165) is 10.9 Å². The molecule has 1 aromatic carbocycles. The van der Waals surface area contributed by atoms with Gasteiger partial charge < -0.3 is 4.57 Å². The molecule has 0 fully saturated rings. The Hall–Kier alpha value is -2.43. The molecule has 0 unspecified atom stereocenters. The summed E-state index contributed by atoms with van der Waals surface area (Å²) in [5.41, 5.74) is 1.85. The van der Waals surface area contributed by atoms with E-state index >= 15 is 0 Å². The maximum Gasteiger partial charge on any atom is 0.262 e. The molecule has 0 aliphatic rings. The zero-order valence-electron chi connectivity index (χ0n) is 11.0. The van der Waals surface area contributed by atoms with E-state index in [-0.39, 0.29) is 11.5 Å². The van der Waals surface area contributed by atoms with Crippen LogP contribution in [0.2, 0.25) is 0 Å². The SMILES string of the molecule is CC(=O)n1nc(C)c2c(=O)n(C)c3ccccc3c21. The van der Waals surface area contributed by atoms with Gasteiger partial charge in [-0.05, 0) is 13.0 Å². The van der Waals surface area contributed by atoms with Crippen LogP contribution in [0.25, 0.3) is 21.8 Å². The zero-order chi connectivity index (χ0) is 13.7. The molecule has 0 N–H and O–H groups in total. The Morgan fingerprint density at radius 3 is 2.63 bits per heavy atom. The maximum atomic E-state index is 12.4. The van der Waals surface area contributed by atoms with Gasteiger partial charge in [0, 0.05) is 19.4 Å². The number of para-hydroxylation sites is 1. The maximum absolute atomic E-state index is 12.4. The number of hydrogen-bond acceptors (Lipinski definition) is 3. The molecule has 0 aliphatic heterocycles. The summed E-state index contributed by atoms with van der Waals surface area (Å²) in [6, 6.07) is 7.52. The molecule has 3 rings (SSSR count). The highest BCUT2D eigenvalue weighted by atomic mass is 16.2. The number of rotatable bonds is 0. The third-order valence-electron chi connectivity index (χ3n) is 3.40. The van der Waals surface area contributed by atoms with Gasteiger partial charge >= 0.3 is 0 Å². The fourth-order valence-electron chi connectivity index (χ4n) is 2.50. The third-order valence-corrected chi connectivity index (χ3v) is 3.40. The van der Waals surface area contributed by atoms with Crippen molar-refractivity contribution in [1.82, 2.24) is 14.3 Å². The van der Waals surface area contributed by atoms with Crippen molar-refractivity contribution in [2.45, 2.75) is 13.8 Å². The van der Waals surface area contributed by atoms with Crippen molar-refractivity contribution in [2.24, 2.45) is 7.05 Å². The number of benzene rings is 1. The normalized spacial score (nSPS) is 11.3. The van der Waals surface area contributed by atoms with Crippen molar-refractivity contribution >= 4 is 27.7 Å². The van der Waals surface area contributed by atoms with Crippen molar-refractivity contribution in [1.29, 1.82) is 0 Å². The van der Waals surface area contributed by atoms with Crippen LogP contribution in [0.5, 0.6) is 0 Å². The van der Waals surface area contributed by atoms with E-state index < -0.39 is 0 Å². The first-order chi connectivity index (χ1) is 9.02. The summed E-state index contributed by atoms with van der Waals surface area (Å²) < 4.78 is 2.91. The van der Waals surface area contributed by atoms with E-state index in [4.69, 9.17) is 0 Å². The molecule has 0 atom stereocenters. The Balaban J connectivity index is 2.74. The summed E-state index contributed by atoms with van der Waals surface area (Å²) in [6.07, 6.45) is 0. The van der Waals surface area contributed by atoms with E-state index in [1.54, 1.807) is 18.5 Å². The lowest BCUT2D eigenvalue weighted by molar-refractivity contribution is 0.0926. The Bertz CT molecular complexity index is 887. The lowest BCUT2D eigenvalue weighted by atomic mass is 10.1. The molecule has 19 heavy (non-hydrogen) atoms. The molecule has 2 heterocycles. The van der Waals surface area contributed by atoms with Crippen molar-refractivity contribution in [3.63, 3.8) is 0 Å². The second-order valence-corrected chi connectivity index (χ2v) is 4.62. The largest absolute Gasteiger partial charge is 0.311 e. The number of fused-ring (bicyclic) bond motifs is 3. The lowest BCUT2D eigenvalue weighted by Gasteiger charge is -2.07. The van der Waals surface area contributed by atoms with Crippen LogP contribution in [-0.2, 0) is 7.05 Å². The summed E-state index contributed by atoms with van der Waals surface area (Å²) >= 11 is 0. The predicted octanol–water partition coefficient (Wildman–Crippen LogP) is 1.86. The van der Waals surface area contributed by atoms with E-state index in [9.17, 15) is 9.59 Å². The van der Waals surface area contributed by atoms with Crippen LogP contribution in [0.3, 0.4) is 0 Å². The number of pyridine rings is 1. The zero-order valence-corrected chi connectivity index (χ0v) is 11.0. The molecule has 2 aromatic heterocycles. The number of carbonyl (C=O) groups is 1. The monoisotopic (exact) mass is 255 g/mol. The minimum atomic E-state index is -0.198. The first-order valence-corrected chi connectivity index (χ1v) is 6.00. The van der Waals surface area contributed by atoms with Gasteiger partial charge in [0.2, 0.25) is 5.91 Å². The van der Waals surface area contributed by atoms with Gasteiger partial charge in [-0.1, -0.05) is 18.2 Å². The molecule has 0 saturated carbocycles. The van der Waals surface area contributed by atoms with E-state index in [0.29, 0.717) is 16.6 Å². The van der Waals surface area contributed by atoms with Gasteiger partial charge in [-0.2, -0.15) is 9.78 Å². The average Bonchev–Trinajstić information content (AvgIpc) is 2.74. The number of hydrogen-bond donors (Lipinski definition) is 0. The first-order valence-electron chi connectivity index (χ1n) is 6.00. The Kier molecular flexibility index (Phi) is 2.32. The van der Waals surface area contributed by atoms with Crippen LogP contribution in [0.15, 0.2) is 29.1 Å². The van der Waals surface area contributed by atoms with Crippen molar-refractivity contribution < 1.29 is 4.79 Å². The number of aromatic nitrogens is 3. The molecule has 0 spiro atoms. The van der Waals surface area contributed by atoms with Gasteiger partial charge in [-0.3, -0.25) is 9.59 Å². The Morgan fingerprint density at radius 1 is 1.26 bits per heavy atom. The molecule has 5 heteroatoms. The van der Waals surface area contributed by atoms with Crippen molar-refractivity contribution in [3.8, 4) is 0 Å². The van der Waals surface area contributed by atoms with Gasteiger partial charge in [-0.25, -0.2) is 0 Å². The molecule has 0 bridgehead atoms. The molecule has 3 aromatic rings. The second-order valence-electron chi connectivity index (χ2n) is 4.62. The van der Waals surface area contributed by atoms with Gasteiger partial charge in [0.05, 0.1) is 22.1 Å². The van der Waals surface area contributed by atoms with E-state index in [1.807, 2.05) is 24.3 Å². The molecule has 0 saturated heterocycles. The molecular formula is C14H13N3O2. The molecule has 0 radical (unpaired) electrons. The topological polar surface area (TPSA) is 56.9 Å². The van der Waals surface area contributed by atoms with Gasteiger partial charge in [-0.15, -0.1) is 0 Å². The summed E-state index contributed by atoms with van der Waals surface area (Å²) in [7, 11) is 1.73. The standard InChI is InChI=1S/C14H13N3O2/c1-8-12-13(17(15-8)9(2)18)10-6-4-5-7-11(10)16(3)14(12)19/h4-7H,1-3H3. The number of nitrogens with zero attached hydrogens (tertiary/aromatic N) is 3. The first kappa shape index (κ1) is 11.6.